The molecular weight excluding hydrogens is 133 g/mol. The molecule has 0 aromatic carbocycles. The molecule has 0 heterocycles. The van der Waals surface area contributed by atoms with Crippen molar-refractivity contribution in [3.05, 3.63) is 0 Å². The van der Waals surface area contributed by atoms with Crippen molar-refractivity contribution in [1.82, 2.24) is 5.09 Å². The van der Waals surface area contributed by atoms with Crippen molar-refractivity contribution in [2.75, 3.05) is 0 Å². The number of nitrogens with two attached hydrogens (primary N) is 2. The Labute approximate surface area is 45.4 Å². The third-order valence-corrected chi connectivity index (χ3v) is 0.811. The lowest BCUT2D eigenvalue weighted by Gasteiger charge is -2.02. The molecule has 0 atom stereocenters. The van der Waals surface area contributed by atoms with E-state index in [-0.39, 0.29) is 0 Å². The lowest BCUT2D eigenvalue weighted by atomic mass is 11.3. The zero-order chi connectivity index (χ0) is 6.78. The van der Waals surface area contributed by atoms with E-state index < -0.39 is 13.7 Å². The van der Waals surface area contributed by atoms with Gasteiger partial charge < -0.3 is 5.11 Å². The SMILES string of the molecule is NP(N)(=O)NC(=O)O. The van der Waals surface area contributed by atoms with Crippen LogP contribution in [0.1, 0.15) is 0 Å². The van der Waals surface area contributed by atoms with Crippen LogP contribution >= 0.6 is 7.59 Å². The monoisotopic (exact) mass is 139 g/mol. The van der Waals surface area contributed by atoms with Gasteiger partial charge in [0, 0.05) is 0 Å². The number of nitrogens with one attached hydrogen (secondary N) is 1. The molecule has 0 saturated heterocycles. The number of amides is 1. The average Bonchev–Trinajstić information content (AvgIpc) is 1.21. The zero-order valence-electron chi connectivity index (χ0n) is 3.87. The Morgan fingerprint density at radius 2 is 2.00 bits per heavy atom. The Morgan fingerprint density at radius 1 is 1.62 bits per heavy atom. The van der Waals surface area contributed by atoms with Crippen LogP contribution in [-0.2, 0) is 4.57 Å². The van der Waals surface area contributed by atoms with E-state index in [1.165, 1.54) is 5.09 Å². The molecule has 0 rings (SSSR count). The van der Waals surface area contributed by atoms with Crippen LogP contribution in [0, 0.1) is 0 Å². The molecule has 7 heteroatoms. The normalized spacial score (nSPS) is 10.8. The highest BCUT2D eigenvalue weighted by atomic mass is 31.2. The molecule has 0 aromatic heterocycles. The molecule has 1 amide bonds. The molecule has 8 heavy (non-hydrogen) atoms. The summed E-state index contributed by atoms with van der Waals surface area (Å²) in [5, 5.41) is 9.22. The summed E-state index contributed by atoms with van der Waals surface area (Å²) in [6, 6.07) is 0. The fourth-order valence-electron chi connectivity index (χ4n) is 0.149. The number of carboxylic acid groups (broad SMARTS) is 1. The predicted octanol–water partition coefficient (Wildman–Crippen LogP) is -0.721. The Balaban J connectivity index is 3.74. The molecule has 0 fully saturated rings. The molecule has 0 unspecified atom stereocenters. The molecule has 0 spiro atoms. The highest BCUT2D eigenvalue weighted by Crippen LogP contribution is 2.15. The van der Waals surface area contributed by atoms with Gasteiger partial charge in [-0.15, -0.1) is 0 Å². The second kappa shape index (κ2) is 2.13. The summed E-state index contributed by atoms with van der Waals surface area (Å²) >= 11 is 0. The molecule has 0 radical (unpaired) electrons. The van der Waals surface area contributed by atoms with Crippen LogP contribution in [0.2, 0.25) is 0 Å². The average molecular weight is 139 g/mol. The maximum Gasteiger partial charge on any atom is 0.412 e. The minimum Gasteiger partial charge on any atom is -0.465 e. The van der Waals surface area contributed by atoms with Crippen molar-refractivity contribution in [2.24, 2.45) is 11.0 Å². The Kier molecular flexibility index (Phi) is 1.97. The number of hydrogen-bond acceptors (Lipinski definition) is 2. The standard InChI is InChI=1S/CH6N3O3P/c2-8(3,7)4-1(5)6/h(H,5,6)(H5,2,3,4,7). The molecular formula is CH6N3O3P. The van der Waals surface area contributed by atoms with Gasteiger partial charge in [-0.1, -0.05) is 0 Å². The van der Waals surface area contributed by atoms with E-state index in [1.54, 1.807) is 0 Å². The molecule has 0 aromatic rings. The first-order valence-electron chi connectivity index (χ1n) is 1.60. The van der Waals surface area contributed by atoms with Crippen LogP contribution in [-0.4, -0.2) is 11.2 Å². The van der Waals surface area contributed by atoms with Gasteiger partial charge in [-0.2, -0.15) is 0 Å². The third kappa shape index (κ3) is 5.42. The van der Waals surface area contributed by atoms with Gasteiger partial charge in [-0.25, -0.2) is 9.88 Å². The van der Waals surface area contributed by atoms with Gasteiger partial charge in [0.05, 0.1) is 0 Å². The van der Waals surface area contributed by atoms with Crippen LogP contribution in [0.4, 0.5) is 4.79 Å². The van der Waals surface area contributed by atoms with Crippen LogP contribution in [0.15, 0.2) is 0 Å². The lowest BCUT2D eigenvalue weighted by molar-refractivity contribution is 0.201. The van der Waals surface area contributed by atoms with Gasteiger partial charge in [0.2, 0.25) is 0 Å². The summed E-state index contributed by atoms with van der Waals surface area (Å²) in [5.74, 6) is 0. The van der Waals surface area contributed by atoms with Gasteiger partial charge >= 0.3 is 13.7 Å². The molecule has 0 aliphatic heterocycles. The van der Waals surface area contributed by atoms with Gasteiger partial charge in [0.15, 0.2) is 0 Å². The summed E-state index contributed by atoms with van der Waals surface area (Å²) in [6.07, 6.45) is -1.49. The van der Waals surface area contributed by atoms with Crippen molar-refractivity contribution < 1.29 is 14.5 Å². The van der Waals surface area contributed by atoms with Crippen molar-refractivity contribution in [3.63, 3.8) is 0 Å². The molecule has 0 saturated carbocycles. The fraction of sp³-hybridized carbons (Fsp3) is 0. The molecule has 0 bridgehead atoms. The Morgan fingerprint density at radius 3 is 2.00 bits per heavy atom. The minimum atomic E-state index is -3.57. The van der Waals surface area contributed by atoms with Crippen LogP contribution in [0.5, 0.6) is 0 Å². The van der Waals surface area contributed by atoms with E-state index in [4.69, 9.17) is 5.11 Å². The molecule has 0 aliphatic rings. The maximum atomic E-state index is 10.1. The smallest absolute Gasteiger partial charge is 0.412 e. The minimum absolute atomic E-state index is 1.41. The van der Waals surface area contributed by atoms with E-state index in [2.05, 4.69) is 11.0 Å². The summed E-state index contributed by atoms with van der Waals surface area (Å²) in [4.78, 5) is 9.57. The first kappa shape index (κ1) is 7.42. The molecule has 6 nitrogen and oxygen atoms in total. The first-order chi connectivity index (χ1) is 3.42. The lowest BCUT2D eigenvalue weighted by Crippen LogP contribution is -2.26. The van der Waals surface area contributed by atoms with Crippen LogP contribution in [0.3, 0.4) is 0 Å². The number of rotatable bonds is 1. The second-order valence-electron chi connectivity index (χ2n) is 1.13. The zero-order valence-corrected chi connectivity index (χ0v) is 4.76. The highest BCUT2D eigenvalue weighted by Gasteiger charge is 2.09. The first-order valence-corrected chi connectivity index (χ1v) is 3.45. The predicted molar refractivity (Wildman–Crippen MR) is 27.1 cm³/mol. The Bertz CT molecular complexity index is 137. The summed E-state index contributed by atoms with van der Waals surface area (Å²) < 4.78 is 10.1. The van der Waals surface area contributed by atoms with Gasteiger partial charge in [0.1, 0.15) is 0 Å². The molecule has 48 valence electrons. The topological polar surface area (TPSA) is 118 Å². The fourth-order valence-corrected chi connectivity index (χ4v) is 0.448. The van der Waals surface area contributed by atoms with E-state index in [0.29, 0.717) is 0 Å². The van der Waals surface area contributed by atoms with E-state index in [0.717, 1.165) is 0 Å². The van der Waals surface area contributed by atoms with Crippen LogP contribution < -0.4 is 16.1 Å². The number of hydrogen-bond donors (Lipinski definition) is 4. The summed E-state index contributed by atoms with van der Waals surface area (Å²) in [7, 11) is -3.57. The highest BCUT2D eigenvalue weighted by molar-refractivity contribution is 7.57. The Hall–Kier alpha value is -0.580. The maximum absolute atomic E-state index is 10.1. The largest absolute Gasteiger partial charge is 0.465 e. The molecule has 6 N–H and O–H groups in total. The molecule has 0 aliphatic carbocycles. The van der Waals surface area contributed by atoms with Crippen molar-refractivity contribution in [2.45, 2.75) is 0 Å². The van der Waals surface area contributed by atoms with Crippen LogP contribution in [0.25, 0.3) is 0 Å². The van der Waals surface area contributed by atoms with Crippen molar-refractivity contribution in [3.8, 4) is 0 Å². The van der Waals surface area contributed by atoms with Gasteiger partial charge in [0.25, 0.3) is 0 Å². The van der Waals surface area contributed by atoms with E-state index in [9.17, 15) is 9.36 Å². The van der Waals surface area contributed by atoms with Gasteiger partial charge in [-0.3, -0.25) is 15.6 Å². The number of carbonyl (C=O) groups is 1. The third-order valence-electron chi connectivity index (χ3n) is 0.270. The van der Waals surface area contributed by atoms with Crippen molar-refractivity contribution in [1.29, 1.82) is 0 Å². The van der Waals surface area contributed by atoms with Gasteiger partial charge in [-0.05, 0) is 0 Å². The van der Waals surface area contributed by atoms with Crippen molar-refractivity contribution >= 4 is 13.7 Å². The quantitative estimate of drug-likeness (QED) is 0.357. The second-order valence-corrected chi connectivity index (χ2v) is 2.77. The van der Waals surface area contributed by atoms with E-state index >= 15 is 0 Å². The van der Waals surface area contributed by atoms with E-state index in [1.807, 2.05) is 0 Å². The summed E-state index contributed by atoms with van der Waals surface area (Å²) in [5.41, 5.74) is 9.16. The summed E-state index contributed by atoms with van der Waals surface area (Å²) in [6.45, 7) is 0.